The van der Waals surface area contributed by atoms with E-state index in [0.29, 0.717) is 23.7 Å². The summed E-state index contributed by atoms with van der Waals surface area (Å²) in [4.78, 5) is 71.4. The van der Waals surface area contributed by atoms with E-state index in [9.17, 15) is 4.79 Å². The number of amides is 1. The van der Waals surface area contributed by atoms with Crippen LogP contribution in [0.15, 0.2) is 171 Å². The smallest absolute Gasteiger partial charge is 0.229 e. The van der Waals surface area contributed by atoms with Crippen molar-refractivity contribution in [3.05, 3.63) is 256 Å². The highest BCUT2D eigenvalue weighted by Crippen LogP contribution is 2.35. The molecular formula is C119H172N16O. The van der Waals surface area contributed by atoms with E-state index < -0.39 is 0 Å². The number of benzene rings is 6. The van der Waals surface area contributed by atoms with E-state index in [2.05, 4.69) is 497 Å². The van der Waals surface area contributed by atoms with Crippen molar-refractivity contribution in [3.63, 3.8) is 0 Å². The van der Waals surface area contributed by atoms with E-state index in [4.69, 9.17) is 0 Å². The van der Waals surface area contributed by atoms with Crippen molar-refractivity contribution in [1.82, 2.24) is 74.8 Å². The molecule has 17 nitrogen and oxygen atoms in total. The molecule has 0 radical (unpaired) electrons. The molecule has 0 atom stereocenters. The van der Waals surface area contributed by atoms with Crippen molar-refractivity contribution in [3.8, 4) is 45.6 Å². The fraction of sp³-hybridized carbons (Fsp3) is 0.504. The lowest BCUT2D eigenvalue weighted by Crippen LogP contribution is -2.27. The van der Waals surface area contributed by atoms with Crippen molar-refractivity contribution in [2.75, 3.05) is 5.32 Å². The van der Waals surface area contributed by atoms with Crippen molar-refractivity contribution in [2.45, 2.75) is 382 Å². The Labute approximate surface area is 819 Å². The monoisotopic (exact) mass is 1840 g/mol. The largest absolute Gasteiger partial charge is 0.345 e. The molecule has 6 aromatic carbocycles. The number of aromatic amines is 7. The highest BCUT2D eigenvalue weighted by molar-refractivity contribution is 5.94. The quantitative estimate of drug-likeness (QED) is 0.0674. The summed E-state index contributed by atoms with van der Waals surface area (Å²) in [6, 6.07) is 47.3. The van der Waals surface area contributed by atoms with Gasteiger partial charge in [-0.25, -0.2) is 34.9 Å². The molecule has 14 rings (SSSR count). The van der Waals surface area contributed by atoms with Crippen molar-refractivity contribution < 1.29 is 4.79 Å². The summed E-state index contributed by atoms with van der Waals surface area (Å²) in [7, 11) is 0. The van der Waals surface area contributed by atoms with E-state index in [-0.39, 0.29) is 70.9 Å². The van der Waals surface area contributed by atoms with Gasteiger partial charge in [0.15, 0.2) is 0 Å². The average Bonchev–Trinajstić information content (AvgIpc) is 1.71. The normalized spacial score (nSPS) is 12.5. The lowest BCUT2D eigenvalue weighted by atomic mass is 9.86. The number of hydrogen-bond acceptors (Lipinski definition) is 9. The van der Waals surface area contributed by atoms with Gasteiger partial charge in [0.2, 0.25) is 5.91 Å². The Kier molecular flexibility index (Phi) is 36.2. The zero-order valence-electron chi connectivity index (χ0n) is 92.0. The van der Waals surface area contributed by atoms with Crippen LogP contribution in [0, 0.1) is 22.7 Å². The molecule has 8 N–H and O–H groups in total. The van der Waals surface area contributed by atoms with Crippen LogP contribution < -0.4 is 5.32 Å². The standard InChI is InChI=1S/C19H22N2.C17H24N2.C16H23N3.C15H22N2.C14H20N2.C14H21NO.C13H20N2.C11H20N2/c1-12(2)14-5-6-16-10-17(8-7-15(16)9-14)18-11-20-19(21-18)13(3)4;1-16(2,3)13-9-7-12(8-10-13)14-11-18-15(19-14)17(4,5)6;1-15(2,3)13-8-7-11(9-17-13)12-10-18-14(19-12)16(4,5)6;1-14(2,3)10-7-8-11-12(9-10)17-13(16-11)15(4,5)6;1-9(2)10-6-7-11-12(8-10)16-13(15-11)14(3,4)5;1-10(2)11-6-8-12(9-7-11)15-13(16)14(3,4)5;1-12(2,3)8-7-10-9-14-11(15-10)13(4,5)6;1-10(2,3)8-7-12-9(13-8)11(4,5)6/h5-13H,1-4H3,(H,20,21);7-11H,1-6H3,(H,18,19);7-10H,1-6H3,(H,18,19);7-9H,1-6H3,(H,16,17);6-9H,1-5H3,(H,15,16);6-10H,1-5H3,(H,15,16);9H,1-6H3,(H,14,15);7H,1-6H3,(H,12,13). The number of carbonyl (C=O) groups excluding carboxylic acids is 1. The maximum atomic E-state index is 11.7. The molecule has 0 saturated heterocycles. The minimum Gasteiger partial charge on any atom is -0.345 e. The second-order valence-electron chi connectivity index (χ2n) is 50.2. The molecule has 0 aliphatic heterocycles. The van der Waals surface area contributed by atoms with E-state index in [1.165, 1.54) is 55.4 Å². The molecule has 14 aromatic rings. The molecule has 17 heteroatoms. The molecule has 0 unspecified atom stereocenters. The summed E-state index contributed by atoms with van der Waals surface area (Å²) < 4.78 is 0. The third-order valence-corrected chi connectivity index (χ3v) is 22.9. The highest BCUT2D eigenvalue weighted by Gasteiger charge is 2.28. The number of anilines is 1. The van der Waals surface area contributed by atoms with E-state index in [1.54, 1.807) is 6.20 Å². The minimum absolute atomic E-state index is 0.0347. The molecule has 8 aromatic heterocycles. The Morgan fingerprint density at radius 3 is 1.11 bits per heavy atom. The first kappa shape index (κ1) is 112. The predicted octanol–water partition coefficient (Wildman–Crippen LogP) is 32.3. The molecule has 0 spiro atoms. The van der Waals surface area contributed by atoms with Gasteiger partial charge in [-0.2, -0.15) is 0 Å². The Morgan fingerprint density at radius 1 is 0.301 bits per heavy atom. The van der Waals surface area contributed by atoms with E-state index in [0.717, 1.165) is 103 Å². The zero-order chi connectivity index (χ0) is 103. The van der Waals surface area contributed by atoms with Crippen molar-refractivity contribution in [2.24, 2.45) is 10.8 Å². The molecule has 8 heterocycles. The van der Waals surface area contributed by atoms with Crippen molar-refractivity contribution >= 4 is 44.4 Å². The van der Waals surface area contributed by atoms with Gasteiger partial charge in [0.05, 0.1) is 63.9 Å². The number of aromatic nitrogens is 15. The number of fused-ring (bicyclic) bond motifs is 3. The minimum atomic E-state index is -0.350. The number of rotatable bonds is 8. The Balaban J connectivity index is 0.000000213. The first-order chi connectivity index (χ1) is 62.1. The van der Waals surface area contributed by atoms with Gasteiger partial charge < -0.3 is 40.2 Å². The Bertz CT molecular complexity index is 6050. The number of hydrogen-bond donors (Lipinski definition) is 8. The molecule has 0 aliphatic rings. The lowest BCUT2D eigenvalue weighted by molar-refractivity contribution is -0.123. The molecular weight excluding hydrogens is 1670 g/mol. The SMILES string of the molecule is CC(C)(C)C#Cc1cnc(C(C)(C)C)[nH]1.CC(C)(C)c1ccc(-c2cnc(C(C)(C)C)[nH]2)cc1.CC(C)(C)c1ccc(-c2cnc(C(C)(C)C)[nH]2)cn1.CC(C)(C)c1ccc2nc(C(C)(C)C)[nH]c2c1.CC(C)(C)c1cnc(C(C)(C)C)[nH]1.CC(C)c1ccc(NC(=O)C(C)(C)C)cc1.CC(C)c1ccc2cc(-c3cnc(C(C)C)[nH]3)ccc2c1.CC(C)c1ccc2nc(C(C)(C)C)[nH]c2c1. The van der Waals surface area contributed by atoms with Crippen LogP contribution in [0.5, 0.6) is 0 Å². The first-order valence-electron chi connectivity index (χ1n) is 49.0. The van der Waals surface area contributed by atoms with E-state index in [1.807, 2.05) is 63.9 Å². The molecule has 0 fully saturated rings. The second-order valence-corrected chi connectivity index (χ2v) is 50.2. The molecule has 0 saturated carbocycles. The van der Waals surface area contributed by atoms with Crippen LogP contribution in [0.25, 0.3) is 66.6 Å². The average molecular weight is 1840 g/mol. The van der Waals surface area contributed by atoms with Crippen LogP contribution in [-0.2, 0) is 58.9 Å². The highest BCUT2D eigenvalue weighted by atomic mass is 16.2. The van der Waals surface area contributed by atoms with Gasteiger partial charge in [0.25, 0.3) is 0 Å². The van der Waals surface area contributed by atoms with Gasteiger partial charge in [-0.1, -0.05) is 369 Å². The van der Waals surface area contributed by atoms with E-state index >= 15 is 0 Å². The molecule has 1 amide bonds. The number of H-pyrrole nitrogens is 7. The number of nitrogens with zero attached hydrogens (tertiary/aromatic N) is 8. The summed E-state index contributed by atoms with van der Waals surface area (Å²) in [6.45, 7) is 94.9. The van der Waals surface area contributed by atoms with Crippen molar-refractivity contribution in [1.29, 1.82) is 0 Å². The number of imidazole rings is 7. The van der Waals surface area contributed by atoms with Gasteiger partial charge in [0, 0.05) is 101 Å². The third-order valence-electron chi connectivity index (χ3n) is 22.9. The fourth-order valence-corrected chi connectivity index (χ4v) is 13.4. The zero-order valence-corrected chi connectivity index (χ0v) is 92.0. The Morgan fingerprint density at radius 2 is 0.699 bits per heavy atom. The number of carbonyl (C=O) groups is 1. The molecule has 0 bridgehead atoms. The van der Waals surface area contributed by atoms with Crippen LogP contribution in [0.2, 0.25) is 0 Å². The maximum Gasteiger partial charge on any atom is 0.229 e. The van der Waals surface area contributed by atoms with Gasteiger partial charge in [-0.3, -0.25) is 9.78 Å². The van der Waals surface area contributed by atoms with Crippen LogP contribution in [0.1, 0.15) is 414 Å². The predicted molar refractivity (Wildman–Crippen MR) is 581 cm³/mol. The topological polar surface area (TPSA) is 243 Å². The van der Waals surface area contributed by atoms with Gasteiger partial charge in [0.1, 0.15) is 46.5 Å². The van der Waals surface area contributed by atoms with Gasteiger partial charge in [-0.15, -0.1) is 0 Å². The summed E-state index contributed by atoms with van der Waals surface area (Å²) in [6.07, 6.45) is 11.4. The summed E-state index contributed by atoms with van der Waals surface area (Å²) in [5.74, 6) is 15.6. The van der Waals surface area contributed by atoms with Crippen LogP contribution in [0.4, 0.5) is 5.69 Å². The van der Waals surface area contributed by atoms with Gasteiger partial charge >= 0.3 is 0 Å². The van der Waals surface area contributed by atoms with Crippen LogP contribution in [0.3, 0.4) is 0 Å². The van der Waals surface area contributed by atoms with Gasteiger partial charge in [-0.05, 0) is 154 Å². The summed E-state index contributed by atoms with van der Waals surface area (Å²) in [5.41, 5.74) is 22.6. The lowest BCUT2D eigenvalue weighted by Gasteiger charge is -2.19. The van der Waals surface area contributed by atoms with Crippen LogP contribution in [-0.4, -0.2) is 80.7 Å². The van der Waals surface area contributed by atoms with Crippen LogP contribution >= 0.6 is 0 Å². The Hall–Kier alpha value is -11.3. The second kappa shape index (κ2) is 44.0. The summed E-state index contributed by atoms with van der Waals surface area (Å²) >= 11 is 0. The summed E-state index contributed by atoms with van der Waals surface area (Å²) in [5, 5.41) is 5.48. The number of nitrogens with one attached hydrogen (secondary N) is 8. The molecule has 734 valence electrons. The number of pyridine rings is 1. The first-order valence-corrected chi connectivity index (χ1v) is 49.0. The maximum absolute atomic E-state index is 11.7. The fourth-order valence-electron chi connectivity index (χ4n) is 13.4. The third kappa shape index (κ3) is 33.9. The molecule has 0 aliphatic carbocycles. The molecule has 136 heavy (non-hydrogen) atoms.